The van der Waals surface area contributed by atoms with E-state index in [1.807, 2.05) is 60.4 Å². The van der Waals surface area contributed by atoms with Crippen LogP contribution in [-0.2, 0) is 6.54 Å². The average Bonchev–Trinajstić information content (AvgIpc) is 3.20. The normalized spacial score (nSPS) is 16.8. The first-order chi connectivity index (χ1) is 16.0. The van der Waals surface area contributed by atoms with E-state index in [0.717, 1.165) is 34.8 Å². The molecule has 0 saturated heterocycles. The van der Waals surface area contributed by atoms with Crippen LogP contribution in [-0.4, -0.2) is 29.4 Å². The predicted octanol–water partition coefficient (Wildman–Crippen LogP) is 4.19. The van der Waals surface area contributed by atoms with E-state index in [0.29, 0.717) is 29.7 Å². The number of aromatic nitrogens is 1. The number of amidine groups is 2. The zero-order valence-electron chi connectivity index (χ0n) is 19.4. The van der Waals surface area contributed by atoms with E-state index in [1.165, 1.54) is 0 Å². The Labute approximate surface area is 194 Å². The first kappa shape index (κ1) is 23.4. The zero-order chi connectivity index (χ0) is 23.8. The molecule has 1 aromatic carbocycles. The molecule has 8 heteroatoms. The van der Waals surface area contributed by atoms with Crippen molar-refractivity contribution in [2.24, 2.45) is 15.0 Å². The topological polar surface area (TPSA) is 115 Å². The van der Waals surface area contributed by atoms with Gasteiger partial charge in [-0.1, -0.05) is 25.1 Å². The van der Waals surface area contributed by atoms with Gasteiger partial charge in [-0.15, -0.1) is 0 Å². The van der Waals surface area contributed by atoms with Crippen molar-refractivity contribution >= 4 is 28.9 Å². The fraction of sp³-hybridized carbons (Fsp3) is 0.240. The number of rotatable bonds is 7. The second-order valence-electron chi connectivity index (χ2n) is 7.25. The van der Waals surface area contributed by atoms with Gasteiger partial charge in [-0.3, -0.25) is 9.89 Å². The van der Waals surface area contributed by atoms with Crippen molar-refractivity contribution in [2.45, 2.75) is 33.7 Å². The van der Waals surface area contributed by atoms with E-state index in [2.05, 4.69) is 33.3 Å². The van der Waals surface area contributed by atoms with E-state index in [4.69, 9.17) is 16.0 Å². The number of benzene rings is 1. The number of hydrogen-bond acceptors (Lipinski definition) is 7. The smallest absolute Gasteiger partial charge is 0.159 e. The number of allylic oxidation sites excluding steroid dienone is 2. The molecule has 3 N–H and O–H groups in total. The number of nitrogens with zero attached hydrogens (tertiary/aromatic N) is 6. The van der Waals surface area contributed by atoms with Gasteiger partial charge in [-0.25, -0.2) is 15.0 Å². The van der Waals surface area contributed by atoms with Crippen LogP contribution in [0.3, 0.4) is 0 Å². The van der Waals surface area contributed by atoms with Crippen LogP contribution in [0.5, 0.6) is 0 Å². The van der Waals surface area contributed by atoms with Crippen molar-refractivity contribution in [2.75, 3.05) is 17.7 Å². The van der Waals surface area contributed by atoms with Gasteiger partial charge in [0.2, 0.25) is 0 Å². The summed E-state index contributed by atoms with van der Waals surface area (Å²) in [5.74, 6) is 2.54. The summed E-state index contributed by atoms with van der Waals surface area (Å²) in [4.78, 5) is 19.8. The van der Waals surface area contributed by atoms with Crippen LogP contribution in [0.1, 0.15) is 38.3 Å². The Morgan fingerprint density at radius 1 is 1.27 bits per heavy atom. The number of nitrogens with one attached hydrogen (secondary N) is 1. The monoisotopic (exact) mass is 440 g/mol. The molecular formula is C25H28N8. The summed E-state index contributed by atoms with van der Waals surface area (Å²) >= 11 is 0. The van der Waals surface area contributed by atoms with Gasteiger partial charge in [0.25, 0.3) is 0 Å². The van der Waals surface area contributed by atoms with E-state index in [-0.39, 0.29) is 0 Å². The highest BCUT2D eigenvalue weighted by molar-refractivity contribution is 6.34. The van der Waals surface area contributed by atoms with Gasteiger partial charge < -0.3 is 11.1 Å². The number of anilines is 2. The molecule has 0 saturated carbocycles. The van der Waals surface area contributed by atoms with E-state index in [9.17, 15) is 0 Å². The second kappa shape index (κ2) is 10.9. The van der Waals surface area contributed by atoms with Crippen LogP contribution >= 0.6 is 0 Å². The molecule has 1 aliphatic rings. The Kier molecular flexibility index (Phi) is 7.71. The van der Waals surface area contributed by atoms with Crippen molar-refractivity contribution < 1.29 is 0 Å². The third-order valence-corrected chi connectivity index (χ3v) is 4.96. The van der Waals surface area contributed by atoms with Gasteiger partial charge in [0.1, 0.15) is 29.1 Å². The molecule has 8 nitrogen and oxygen atoms in total. The fourth-order valence-electron chi connectivity index (χ4n) is 3.37. The van der Waals surface area contributed by atoms with Crippen molar-refractivity contribution in [1.29, 1.82) is 5.26 Å². The standard InChI is InChI=1S/C25H28N8/c1-5-8-21-25(28-4)33(24(32-21)20-9-7-14-29-23(20)27)19-12-10-18(11-13-19)16-30-22(6-2)31-17(3)15-26/h6-14,30H,5,16H2,1-4H3,(H2,27,29)/b21-8+,22-6-,28-25?,31-17+. The quantitative estimate of drug-likeness (QED) is 0.627. The summed E-state index contributed by atoms with van der Waals surface area (Å²) < 4.78 is 0. The predicted molar refractivity (Wildman–Crippen MR) is 135 cm³/mol. The Balaban J connectivity index is 1.90. The third kappa shape index (κ3) is 5.33. The fourth-order valence-corrected chi connectivity index (χ4v) is 3.37. The molecule has 1 aliphatic heterocycles. The molecule has 0 fully saturated rings. The molecule has 2 aromatic rings. The first-order valence-electron chi connectivity index (χ1n) is 10.7. The Morgan fingerprint density at radius 2 is 2.03 bits per heavy atom. The maximum Gasteiger partial charge on any atom is 0.159 e. The van der Waals surface area contributed by atoms with Gasteiger partial charge in [0.15, 0.2) is 11.7 Å². The van der Waals surface area contributed by atoms with Crippen molar-refractivity contribution in [3.8, 4) is 6.07 Å². The van der Waals surface area contributed by atoms with Gasteiger partial charge in [0.05, 0.1) is 5.56 Å². The number of pyridine rings is 1. The number of nitrogen functional groups attached to an aromatic ring is 1. The maximum absolute atomic E-state index is 8.94. The minimum atomic E-state index is 0.406. The van der Waals surface area contributed by atoms with Crippen LogP contribution in [0.25, 0.3) is 0 Å². The molecule has 2 heterocycles. The lowest BCUT2D eigenvalue weighted by Gasteiger charge is -2.22. The summed E-state index contributed by atoms with van der Waals surface area (Å²) in [5, 5.41) is 12.2. The van der Waals surface area contributed by atoms with Crippen LogP contribution in [0.4, 0.5) is 11.5 Å². The Bertz CT molecular complexity index is 1190. The molecule has 0 atom stereocenters. The largest absolute Gasteiger partial charge is 0.383 e. The highest BCUT2D eigenvalue weighted by Crippen LogP contribution is 2.29. The summed E-state index contributed by atoms with van der Waals surface area (Å²) in [6.45, 7) is 6.21. The van der Waals surface area contributed by atoms with Gasteiger partial charge >= 0.3 is 0 Å². The highest BCUT2D eigenvalue weighted by atomic mass is 15.3. The molecule has 0 radical (unpaired) electrons. The van der Waals surface area contributed by atoms with Crippen molar-refractivity contribution in [3.05, 3.63) is 77.4 Å². The van der Waals surface area contributed by atoms with Crippen LogP contribution in [0.15, 0.2) is 81.2 Å². The third-order valence-electron chi connectivity index (χ3n) is 4.96. The lowest BCUT2D eigenvalue weighted by Crippen LogP contribution is -2.33. The van der Waals surface area contributed by atoms with Gasteiger partial charge in [0, 0.05) is 25.5 Å². The molecule has 0 spiro atoms. The minimum Gasteiger partial charge on any atom is -0.383 e. The number of aliphatic imine (C=N–C) groups is 3. The van der Waals surface area contributed by atoms with E-state index >= 15 is 0 Å². The second-order valence-corrected chi connectivity index (χ2v) is 7.25. The van der Waals surface area contributed by atoms with Crippen molar-refractivity contribution in [1.82, 2.24) is 10.3 Å². The number of nitrogens with two attached hydrogens (primary N) is 1. The lowest BCUT2D eigenvalue weighted by molar-refractivity contribution is 0.798. The summed E-state index contributed by atoms with van der Waals surface area (Å²) in [7, 11) is 1.76. The van der Waals surface area contributed by atoms with E-state index < -0.39 is 0 Å². The molecular weight excluding hydrogens is 412 g/mol. The zero-order valence-corrected chi connectivity index (χ0v) is 19.4. The molecule has 0 amide bonds. The first-order valence-corrected chi connectivity index (χ1v) is 10.7. The molecule has 1 aromatic heterocycles. The molecule has 3 rings (SSSR count). The number of nitriles is 1. The SMILES string of the molecule is C/C=C(\N=C(/C)C#N)NCc1ccc(N2C(=NC)/C(=C\CC)N=C2c2cccnc2N)cc1. The van der Waals surface area contributed by atoms with Gasteiger partial charge in [-0.2, -0.15) is 5.26 Å². The Hall–Kier alpha value is -4.25. The molecule has 168 valence electrons. The van der Waals surface area contributed by atoms with E-state index in [1.54, 1.807) is 20.2 Å². The Morgan fingerprint density at radius 3 is 2.64 bits per heavy atom. The molecule has 0 aliphatic carbocycles. The maximum atomic E-state index is 8.94. The molecule has 0 unspecified atom stereocenters. The lowest BCUT2D eigenvalue weighted by atomic mass is 10.1. The summed E-state index contributed by atoms with van der Waals surface area (Å²) in [5.41, 5.74) is 10.1. The van der Waals surface area contributed by atoms with Crippen LogP contribution in [0.2, 0.25) is 0 Å². The molecule has 33 heavy (non-hydrogen) atoms. The van der Waals surface area contributed by atoms with Gasteiger partial charge in [-0.05, 0) is 56.2 Å². The number of hydrogen-bond donors (Lipinski definition) is 2. The minimum absolute atomic E-state index is 0.406. The summed E-state index contributed by atoms with van der Waals surface area (Å²) in [6, 6.07) is 13.9. The highest BCUT2D eigenvalue weighted by Gasteiger charge is 2.31. The van der Waals surface area contributed by atoms with Crippen LogP contribution < -0.4 is 16.0 Å². The van der Waals surface area contributed by atoms with Crippen molar-refractivity contribution in [3.63, 3.8) is 0 Å². The molecule has 0 bridgehead atoms. The van der Waals surface area contributed by atoms with Crippen LogP contribution in [0, 0.1) is 11.3 Å². The average molecular weight is 441 g/mol. The summed E-state index contributed by atoms with van der Waals surface area (Å²) in [6.07, 6.45) is 6.40.